The van der Waals surface area contributed by atoms with Crippen LogP contribution in [0.25, 0.3) is 0 Å². The fourth-order valence-electron chi connectivity index (χ4n) is 0.508. The Labute approximate surface area is 65.6 Å². The van der Waals surface area contributed by atoms with E-state index in [-0.39, 0.29) is 5.12 Å². The van der Waals surface area contributed by atoms with E-state index in [9.17, 15) is 4.79 Å². The molecule has 0 rings (SSSR count). The molecule has 0 bridgehead atoms. The van der Waals surface area contributed by atoms with Crippen LogP contribution in [0, 0.1) is 16.6 Å². The van der Waals surface area contributed by atoms with Gasteiger partial charge in [0, 0.05) is 18.2 Å². The van der Waals surface area contributed by atoms with Gasteiger partial charge in [-0.25, -0.2) is 0 Å². The molecule has 0 atom stereocenters. The second kappa shape index (κ2) is 5.31. The molecule has 0 aliphatic carbocycles. The molecular weight excluding hydrogens is 146 g/mol. The lowest BCUT2D eigenvalue weighted by Crippen LogP contribution is -1.94. The number of thiocyanates is 1. The van der Waals surface area contributed by atoms with Crippen LogP contribution in [0.4, 0.5) is 0 Å². The molecule has 0 saturated heterocycles. The fraction of sp³-hybridized carbons (Fsp3) is 0.714. The molecule has 3 heteroatoms. The summed E-state index contributed by atoms with van der Waals surface area (Å²) in [7, 11) is 0. The molecule has 0 radical (unpaired) electrons. The number of hydrogen-bond acceptors (Lipinski definition) is 3. The lowest BCUT2D eigenvalue weighted by Gasteiger charge is -1.99. The van der Waals surface area contributed by atoms with Gasteiger partial charge in [-0.1, -0.05) is 13.8 Å². The third-order valence-electron chi connectivity index (χ3n) is 1.09. The number of nitrogens with zero attached hydrogens (tertiary/aromatic N) is 1. The second-order valence-corrected chi connectivity index (χ2v) is 3.34. The second-order valence-electron chi connectivity index (χ2n) is 2.50. The Morgan fingerprint density at radius 2 is 2.30 bits per heavy atom. The summed E-state index contributed by atoms with van der Waals surface area (Å²) in [4.78, 5) is 10.7. The van der Waals surface area contributed by atoms with Crippen LogP contribution in [0.15, 0.2) is 0 Å². The number of carbonyl (C=O) groups is 1. The summed E-state index contributed by atoms with van der Waals surface area (Å²) in [6.45, 7) is 4.12. The highest BCUT2D eigenvalue weighted by Gasteiger charge is 2.02. The quantitative estimate of drug-likeness (QED) is 0.589. The predicted octanol–water partition coefficient (Wildman–Crippen LogP) is 2.16. The monoisotopic (exact) mass is 157 g/mol. The van der Waals surface area contributed by atoms with E-state index in [1.807, 2.05) is 0 Å². The molecule has 0 aromatic heterocycles. The Morgan fingerprint density at radius 3 is 2.70 bits per heavy atom. The molecule has 0 saturated carbocycles. The predicted molar refractivity (Wildman–Crippen MR) is 42.3 cm³/mol. The van der Waals surface area contributed by atoms with Gasteiger partial charge in [0.05, 0.1) is 0 Å². The molecule has 0 aliphatic heterocycles. The summed E-state index contributed by atoms with van der Waals surface area (Å²) < 4.78 is 0. The molecule has 0 aromatic rings. The largest absolute Gasteiger partial charge is 0.286 e. The first-order valence-corrected chi connectivity index (χ1v) is 4.07. The Balaban J connectivity index is 3.33. The van der Waals surface area contributed by atoms with Gasteiger partial charge >= 0.3 is 0 Å². The number of carbonyl (C=O) groups excluding carboxylic acids is 1. The number of nitriles is 1. The van der Waals surface area contributed by atoms with E-state index in [4.69, 9.17) is 5.26 Å². The topological polar surface area (TPSA) is 40.9 Å². The zero-order chi connectivity index (χ0) is 7.98. The third-order valence-corrected chi connectivity index (χ3v) is 1.61. The first-order valence-electron chi connectivity index (χ1n) is 3.25. The van der Waals surface area contributed by atoms with Gasteiger partial charge < -0.3 is 0 Å². The van der Waals surface area contributed by atoms with Crippen molar-refractivity contribution in [1.29, 1.82) is 5.26 Å². The van der Waals surface area contributed by atoms with Crippen LogP contribution >= 0.6 is 11.8 Å². The minimum Gasteiger partial charge on any atom is -0.286 e. The Kier molecular flexibility index (Phi) is 5.05. The molecular formula is C7H11NOS. The summed E-state index contributed by atoms with van der Waals surface area (Å²) in [6.07, 6.45) is 1.41. The molecule has 0 heterocycles. The van der Waals surface area contributed by atoms with Crippen LogP contribution in [-0.2, 0) is 4.79 Å². The van der Waals surface area contributed by atoms with Gasteiger partial charge in [-0.15, -0.1) is 0 Å². The van der Waals surface area contributed by atoms with Crippen molar-refractivity contribution in [2.24, 2.45) is 5.92 Å². The molecule has 0 spiro atoms. The van der Waals surface area contributed by atoms with E-state index in [1.54, 1.807) is 5.40 Å². The highest BCUT2D eigenvalue weighted by Crippen LogP contribution is 2.09. The molecule has 0 aromatic carbocycles. The van der Waals surface area contributed by atoms with E-state index >= 15 is 0 Å². The zero-order valence-corrected chi connectivity index (χ0v) is 7.07. The molecule has 56 valence electrons. The average Bonchev–Trinajstić information content (AvgIpc) is 1.85. The Morgan fingerprint density at radius 1 is 1.70 bits per heavy atom. The van der Waals surface area contributed by atoms with Crippen molar-refractivity contribution < 1.29 is 4.79 Å². The Hall–Kier alpha value is -0.490. The lowest BCUT2D eigenvalue weighted by molar-refractivity contribution is -0.111. The third kappa shape index (κ3) is 5.64. The minimum absolute atomic E-state index is 0.0174. The molecule has 10 heavy (non-hydrogen) atoms. The highest BCUT2D eigenvalue weighted by molar-refractivity contribution is 8.17. The van der Waals surface area contributed by atoms with Crippen LogP contribution in [0.5, 0.6) is 0 Å². The summed E-state index contributed by atoms with van der Waals surface area (Å²) in [6, 6.07) is 0. The van der Waals surface area contributed by atoms with Gasteiger partial charge in [0.2, 0.25) is 5.12 Å². The fourth-order valence-corrected chi connectivity index (χ4v) is 0.830. The smallest absolute Gasteiger partial charge is 0.203 e. The van der Waals surface area contributed by atoms with Gasteiger partial charge in [-0.05, 0) is 12.3 Å². The van der Waals surface area contributed by atoms with E-state index < -0.39 is 0 Å². The van der Waals surface area contributed by atoms with Crippen molar-refractivity contribution in [2.75, 3.05) is 0 Å². The highest BCUT2D eigenvalue weighted by atomic mass is 32.2. The van der Waals surface area contributed by atoms with Gasteiger partial charge in [0.25, 0.3) is 0 Å². The van der Waals surface area contributed by atoms with Crippen molar-refractivity contribution in [2.45, 2.75) is 26.7 Å². The summed E-state index contributed by atoms with van der Waals surface area (Å²) >= 11 is 0.740. The van der Waals surface area contributed by atoms with Gasteiger partial charge in [-0.3, -0.25) is 4.79 Å². The van der Waals surface area contributed by atoms with E-state index in [1.165, 1.54) is 0 Å². The van der Waals surface area contributed by atoms with E-state index in [0.717, 1.165) is 18.2 Å². The van der Waals surface area contributed by atoms with Crippen LogP contribution in [0.1, 0.15) is 26.7 Å². The average molecular weight is 157 g/mol. The molecule has 2 nitrogen and oxygen atoms in total. The maximum Gasteiger partial charge on any atom is 0.203 e. The van der Waals surface area contributed by atoms with E-state index in [0.29, 0.717) is 12.3 Å². The van der Waals surface area contributed by atoms with Gasteiger partial charge in [-0.2, -0.15) is 5.26 Å². The van der Waals surface area contributed by atoms with Crippen LogP contribution in [-0.4, -0.2) is 5.12 Å². The van der Waals surface area contributed by atoms with Crippen molar-refractivity contribution >= 4 is 16.9 Å². The lowest BCUT2D eigenvalue weighted by atomic mass is 10.1. The number of rotatable bonds is 3. The summed E-state index contributed by atoms with van der Waals surface area (Å²) in [5.41, 5.74) is 0. The molecule has 0 N–H and O–H groups in total. The number of hydrogen-bond donors (Lipinski definition) is 0. The molecule has 0 aliphatic rings. The Bertz CT molecular complexity index is 148. The summed E-state index contributed by atoms with van der Waals surface area (Å²) in [5, 5.41) is 9.83. The summed E-state index contributed by atoms with van der Waals surface area (Å²) in [5.74, 6) is 0.545. The first-order chi connectivity index (χ1) is 4.66. The molecule has 0 amide bonds. The van der Waals surface area contributed by atoms with Gasteiger partial charge in [0.15, 0.2) is 0 Å². The minimum atomic E-state index is -0.0174. The van der Waals surface area contributed by atoms with Crippen molar-refractivity contribution in [3.8, 4) is 5.40 Å². The maximum atomic E-state index is 10.7. The van der Waals surface area contributed by atoms with Gasteiger partial charge in [0.1, 0.15) is 5.40 Å². The zero-order valence-electron chi connectivity index (χ0n) is 6.26. The standard InChI is InChI=1S/C7H11NOS/c1-6(2)3-4-7(9)10-5-8/h6H,3-4H2,1-2H3. The number of thioether (sulfide) groups is 1. The van der Waals surface area contributed by atoms with Crippen molar-refractivity contribution in [1.82, 2.24) is 0 Å². The van der Waals surface area contributed by atoms with E-state index in [2.05, 4.69) is 13.8 Å². The SMILES string of the molecule is CC(C)CCC(=O)SC#N. The normalized spacial score (nSPS) is 9.40. The molecule has 0 fully saturated rings. The van der Waals surface area contributed by atoms with Crippen LogP contribution in [0.2, 0.25) is 0 Å². The van der Waals surface area contributed by atoms with Crippen molar-refractivity contribution in [3.05, 3.63) is 0 Å². The maximum absolute atomic E-state index is 10.7. The van der Waals surface area contributed by atoms with Crippen LogP contribution < -0.4 is 0 Å². The van der Waals surface area contributed by atoms with Crippen LogP contribution in [0.3, 0.4) is 0 Å². The first kappa shape index (κ1) is 9.51. The molecule has 0 unspecified atom stereocenters. The van der Waals surface area contributed by atoms with Crippen molar-refractivity contribution in [3.63, 3.8) is 0 Å².